The normalized spacial score (nSPS) is 24.2. The second-order valence-corrected chi connectivity index (χ2v) is 5.23. The van der Waals surface area contributed by atoms with Crippen LogP contribution in [0.25, 0.3) is 0 Å². The van der Waals surface area contributed by atoms with Crippen LogP contribution in [0.2, 0.25) is 0 Å². The molecule has 3 heteroatoms. The van der Waals surface area contributed by atoms with E-state index in [1.165, 1.54) is 30.4 Å². The second kappa shape index (κ2) is 4.75. The zero-order valence-corrected chi connectivity index (χ0v) is 10.0. The molecule has 92 valence electrons. The third-order valence-corrected chi connectivity index (χ3v) is 3.97. The van der Waals surface area contributed by atoms with Crippen LogP contribution in [0, 0.1) is 5.82 Å². The first-order valence-electron chi connectivity index (χ1n) is 6.55. The van der Waals surface area contributed by atoms with Gasteiger partial charge in [0.15, 0.2) is 0 Å². The van der Waals surface area contributed by atoms with Gasteiger partial charge in [0.05, 0.1) is 0 Å². The van der Waals surface area contributed by atoms with Gasteiger partial charge in [-0.15, -0.1) is 0 Å². The fourth-order valence-corrected chi connectivity index (χ4v) is 2.61. The molecular weight excluding hydrogens is 215 g/mol. The van der Waals surface area contributed by atoms with E-state index in [-0.39, 0.29) is 5.82 Å². The topological polar surface area (TPSA) is 24.1 Å². The number of benzene rings is 1. The molecule has 0 spiro atoms. The molecule has 2 nitrogen and oxygen atoms in total. The minimum Gasteiger partial charge on any atom is -0.312 e. The van der Waals surface area contributed by atoms with Gasteiger partial charge in [-0.3, -0.25) is 0 Å². The van der Waals surface area contributed by atoms with Gasteiger partial charge in [-0.1, -0.05) is 12.5 Å². The molecule has 1 atom stereocenters. The summed E-state index contributed by atoms with van der Waals surface area (Å²) in [6.07, 6.45) is 4.94. The lowest BCUT2D eigenvalue weighted by Crippen LogP contribution is -2.47. The van der Waals surface area contributed by atoms with Crippen LogP contribution in [0.5, 0.6) is 0 Å². The Balaban J connectivity index is 1.59. The third-order valence-electron chi connectivity index (χ3n) is 3.97. The van der Waals surface area contributed by atoms with E-state index in [4.69, 9.17) is 0 Å². The Morgan fingerprint density at radius 3 is 2.94 bits per heavy atom. The molecule has 1 saturated carbocycles. The molecule has 0 saturated heterocycles. The lowest BCUT2D eigenvalue weighted by Gasteiger charge is -2.31. The molecule has 1 heterocycles. The monoisotopic (exact) mass is 234 g/mol. The fourth-order valence-electron chi connectivity index (χ4n) is 2.61. The van der Waals surface area contributed by atoms with Gasteiger partial charge in [-0.25, -0.2) is 4.39 Å². The van der Waals surface area contributed by atoms with Gasteiger partial charge in [0.2, 0.25) is 0 Å². The molecule has 0 amide bonds. The average Bonchev–Trinajstić information content (AvgIpc) is 2.26. The zero-order chi connectivity index (χ0) is 11.7. The molecule has 1 unspecified atom stereocenters. The Bertz CT molecular complexity index is 401. The van der Waals surface area contributed by atoms with Crippen LogP contribution in [0.4, 0.5) is 4.39 Å². The van der Waals surface area contributed by atoms with E-state index in [2.05, 4.69) is 10.6 Å². The molecule has 0 aromatic heterocycles. The Hall–Kier alpha value is -0.930. The number of hydrogen-bond donors (Lipinski definition) is 2. The molecular formula is C14H19FN2. The van der Waals surface area contributed by atoms with Crippen LogP contribution >= 0.6 is 0 Å². The summed E-state index contributed by atoms with van der Waals surface area (Å²) in [7, 11) is 0. The van der Waals surface area contributed by atoms with Gasteiger partial charge in [-0.05, 0) is 42.5 Å². The molecule has 3 rings (SSSR count). The van der Waals surface area contributed by atoms with Crippen molar-refractivity contribution in [2.45, 2.75) is 44.3 Å². The average molecular weight is 234 g/mol. The maximum atomic E-state index is 13.2. The molecule has 0 bridgehead atoms. The highest BCUT2D eigenvalue weighted by Crippen LogP contribution is 2.20. The number of hydrogen-bond acceptors (Lipinski definition) is 2. The van der Waals surface area contributed by atoms with Gasteiger partial charge in [-0.2, -0.15) is 0 Å². The molecule has 1 aliphatic heterocycles. The lowest BCUT2D eigenvalue weighted by atomic mass is 9.92. The largest absolute Gasteiger partial charge is 0.312 e. The SMILES string of the molecule is Fc1ccc2c(c1)CC(CNC1CCC1)NC2. The van der Waals surface area contributed by atoms with Crippen LogP contribution in [0.15, 0.2) is 18.2 Å². The predicted molar refractivity (Wildman–Crippen MR) is 66.4 cm³/mol. The minimum atomic E-state index is -0.114. The first kappa shape index (κ1) is 11.2. The van der Waals surface area contributed by atoms with Crippen molar-refractivity contribution in [1.82, 2.24) is 10.6 Å². The molecule has 0 radical (unpaired) electrons. The number of nitrogens with one attached hydrogen (secondary N) is 2. The zero-order valence-electron chi connectivity index (χ0n) is 10.0. The maximum absolute atomic E-state index is 13.2. The Morgan fingerprint density at radius 2 is 2.18 bits per heavy atom. The molecule has 1 aliphatic carbocycles. The highest BCUT2D eigenvalue weighted by atomic mass is 19.1. The fraction of sp³-hybridized carbons (Fsp3) is 0.571. The highest BCUT2D eigenvalue weighted by molar-refractivity contribution is 5.30. The first-order chi connectivity index (χ1) is 8.31. The summed E-state index contributed by atoms with van der Waals surface area (Å²) in [5, 5.41) is 7.09. The molecule has 2 aliphatic rings. The minimum absolute atomic E-state index is 0.114. The summed E-state index contributed by atoms with van der Waals surface area (Å²) in [5.41, 5.74) is 2.41. The summed E-state index contributed by atoms with van der Waals surface area (Å²) >= 11 is 0. The van der Waals surface area contributed by atoms with Crippen molar-refractivity contribution in [3.63, 3.8) is 0 Å². The summed E-state index contributed by atoms with van der Waals surface area (Å²) in [4.78, 5) is 0. The number of rotatable bonds is 3. The molecule has 1 fully saturated rings. The Labute approximate surface area is 102 Å². The molecule has 1 aromatic rings. The van der Waals surface area contributed by atoms with Crippen molar-refractivity contribution in [1.29, 1.82) is 0 Å². The van der Waals surface area contributed by atoms with Gasteiger partial charge < -0.3 is 10.6 Å². The van der Waals surface area contributed by atoms with Crippen LogP contribution in [0.3, 0.4) is 0 Å². The van der Waals surface area contributed by atoms with E-state index in [0.717, 1.165) is 25.6 Å². The molecule has 2 N–H and O–H groups in total. The summed E-state index contributed by atoms with van der Waals surface area (Å²) in [6.45, 7) is 1.87. The number of fused-ring (bicyclic) bond motifs is 1. The van der Waals surface area contributed by atoms with Crippen molar-refractivity contribution in [3.05, 3.63) is 35.1 Å². The van der Waals surface area contributed by atoms with Crippen LogP contribution in [-0.2, 0) is 13.0 Å². The van der Waals surface area contributed by atoms with Gasteiger partial charge >= 0.3 is 0 Å². The van der Waals surface area contributed by atoms with E-state index in [9.17, 15) is 4.39 Å². The Morgan fingerprint density at radius 1 is 1.29 bits per heavy atom. The second-order valence-electron chi connectivity index (χ2n) is 5.23. The molecule has 17 heavy (non-hydrogen) atoms. The van der Waals surface area contributed by atoms with E-state index in [1.807, 2.05) is 6.07 Å². The van der Waals surface area contributed by atoms with E-state index >= 15 is 0 Å². The smallest absolute Gasteiger partial charge is 0.123 e. The molecule has 1 aromatic carbocycles. The summed E-state index contributed by atoms with van der Waals surface area (Å²) in [5.74, 6) is -0.114. The highest BCUT2D eigenvalue weighted by Gasteiger charge is 2.21. The van der Waals surface area contributed by atoms with Crippen molar-refractivity contribution in [2.75, 3.05) is 6.54 Å². The Kier molecular flexibility index (Phi) is 3.12. The van der Waals surface area contributed by atoms with Gasteiger partial charge in [0.1, 0.15) is 5.82 Å². The van der Waals surface area contributed by atoms with Gasteiger partial charge in [0.25, 0.3) is 0 Å². The standard InChI is InChI=1S/C14H19FN2/c15-12-5-4-10-8-16-14(7-11(10)6-12)9-17-13-2-1-3-13/h4-6,13-14,16-17H,1-3,7-9H2. The van der Waals surface area contributed by atoms with Crippen LogP contribution < -0.4 is 10.6 Å². The maximum Gasteiger partial charge on any atom is 0.123 e. The number of halogens is 1. The van der Waals surface area contributed by atoms with Crippen LogP contribution in [0.1, 0.15) is 30.4 Å². The van der Waals surface area contributed by atoms with E-state index < -0.39 is 0 Å². The first-order valence-corrected chi connectivity index (χ1v) is 6.55. The quantitative estimate of drug-likeness (QED) is 0.835. The van der Waals surface area contributed by atoms with Crippen molar-refractivity contribution >= 4 is 0 Å². The van der Waals surface area contributed by atoms with E-state index in [0.29, 0.717) is 6.04 Å². The summed E-state index contributed by atoms with van der Waals surface area (Å²) in [6, 6.07) is 6.31. The lowest BCUT2D eigenvalue weighted by molar-refractivity contribution is 0.316. The van der Waals surface area contributed by atoms with Crippen molar-refractivity contribution in [3.8, 4) is 0 Å². The third kappa shape index (κ3) is 2.50. The van der Waals surface area contributed by atoms with E-state index in [1.54, 1.807) is 12.1 Å². The van der Waals surface area contributed by atoms with Crippen LogP contribution in [-0.4, -0.2) is 18.6 Å². The van der Waals surface area contributed by atoms with Crippen molar-refractivity contribution < 1.29 is 4.39 Å². The summed E-state index contributed by atoms with van der Waals surface area (Å²) < 4.78 is 13.2. The van der Waals surface area contributed by atoms with Crippen molar-refractivity contribution in [2.24, 2.45) is 0 Å². The predicted octanol–water partition coefficient (Wildman–Crippen LogP) is 1.98. The van der Waals surface area contributed by atoms with Gasteiger partial charge in [0, 0.05) is 25.2 Å².